The molecule has 0 aliphatic carbocycles. The number of hydrogen-bond acceptors (Lipinski definition) is 4. The Morgan fingerprint density at radius 3 is 2.63 bits per heavy atom. The zero-order valence-electron chi connectivity index (χ0n) is 12.1. The van der Waals surface area contributed by atoms with Gasteiger partial charge in [0.1, 0.15) is 5.82 Å². The van der Waals surface area contributed by atoms with Crippen LogP contribution in [0.2, 0.25) is 0 Å². The number of nitrogens with zero attached hydrogens (tertiary/aromatic N) is 2. The maximum absolute atomic E-state index is 11.8. The Morgan fingerprint density at radius 1 is 1.26 bits per heavy atom. The Morgan fingerprint density at radius 2 is 2.05 bits per heavy atom. The molecular weight excluding hydrogens is 240 g/mol. The molecule has 2 N–H and O–H groups in total. The Kier molecular flexibility index (Phi) is 6.85. The molecule has 1 amide bonds. The van der Waals surface area contributed by atoms with Crippen LogP contribution in [0, 0.1) is 5.92 Å². The Bertz CT molecular complexity index is 376. The second-order valence-electron chi connectivity index (χ2n) is 5.02. The average Bonchev–Trinajstić information content (AvgIpc) is 2.41. The number of amides is 1. The lowest BCUT2D eigenvalue weighted by Gasteiger charge is -2.07. The van der Waals surface area contributed by atoms with E-state index in [0.717, 1.165) is 25.8 Å². The van der Waals surface area contributed by atoms with Crippen molar-refractivity contribution in [2.24, 2.45) is 5.92 Å². The van der Waals surface area contributed by atoms with Crippen LogP contribution < -0.4 is 10.6 Å². The molecule has 19 heavy (non-hydrogen) atoms. The normalized spacial score (nSPS) is 10.5. The summed E-state index contributed by atoms with van der Waals surface area (Å²) in [7, 11) is 0. The van der Waals surface area contributed by atoms with Crippen LogP contribution in [-0.4, -0.2) is 29.2 Å². The second-order valence-corrected chi connectivity index (χ2v) is 5.02. The number of aromatic nitrogens is 2. The average molecular weight is 264 g/mol. The number of hydrogen-bond donors (Lipinski definition) is 2. The molecule has 0 aromatic carbocycles. The van der Waals surface area contributed by atoms with Gasteiger partial charge in [0, 0.05) is 13.1 Å². The fourth-order valence-electron chi connectivity index (χ4n) is 1.60. The third-order valence-electron chi connectivity index (χ3n) is 2.70. The third kappa shape index (κ3) is 6.18. The van der Waals surface area contributed by atoms with Crippen molar-refractivity contribution >= 4 is 11.7 Å². The highest BCUT2D eigenvalue weighted by Crippen LogP contribution is 2.03. The van der Waals surface area contributed by atoms with Crippen LogP contribution in [0.3, 0.4) is 0 Å². The smallest absolute Gasteiger partial charge is 0.271 e. The first-order valence-electron chi connectivity index (χ1n) is 6.99. The van der Waals surface area contributed by atoms with Gasteiger partial charge >= 0.3 is 0 Å². The maximum atomic E-state index is 11.8. The second kappa shape index (κ2) is 8.45. The van der Waals surface area contributed by atoms with E-state index in [1.807, 2.05) is 0 Å². The number of rotatable bonds is 8. The van der Waals surface area contributed by atoms with Crippen molar-refractivity contribution < 1.29 is 4.79 Å². The van der Waals surface area contributed by atoms with Gasteiger partial charge in [0.15, 0.2) is 5.69 Å². The van der Waals surface area contributed by atoms with Crippen LogP contribution in [-0.2, 0) is 0 Å². The lowest BCUT2D eigenvalue weighted by molar-refractivity contribution is 0.0946. The molecule has 0 spiro atoms. The van der Waals surface area contributed by atoms with Crippen LogP contribution in [0.4, 0.5) is 5.82 Å². The molecule has 1 aromatic heterocycles. The van der Waals surface area contributed by atoms with E-state index in [9.17, 15) is 4.79 Å². The third-order valence-corrected chi connectivity index (χ3v) is 2.70. The van der Waals surface area contributed by atoms with E-state index in [0.29, 0.717) is 24.0 Å². The number of anilines is 1. The first-order chi connectivity index (χ1) is 9.13. The minimum absolute atomic E-state index is 0.154. The molecule has 0 fully saturated rings. The molecule has 1 aromatic rings. The lowest BCUT2D eigenvalue weighted by Crippen LogP contribution is -2.26. The van der Waals surface area contributed by atoms with Gasteiger partial charge in [-0.05, 0) is 37.3 Å². The molecule has 5 nitrogen and oxygen atoms in total. The molecule has 0 bridgehead atoms. The summed E-state index contributed by atoms with van der Waals surface area (Å²) in [5.41, 5.74) is 0.367. The van der Waals surface area contributed by atoms with Gasteiger partial charge in [-0.25, -0.2) is 0 Å². The van der Waals surface area contributed by atoms with E-state index in [2.05, 4.69) is 41.6 Å². The van der Waals surface area contributed by atoms with Gasteiger partial charge < -0.3 is 10.6 Å². The van der Waals surface area contributed by atoms with Crippen molar-refractivity contribution in [3.8, 4) is 0 Å². The highest BCUT2D eigenvalue weighted by atomic mass is 16.1. The molecule has 1 rings (SSSR count). The molecule has 0 unspecified atom stereocenters. The Balaban J connectivity index is 2.36. The summed E-state index contributed by atoms with van der Waals surface area (Å²) in [6, 6.07) is 3.48. The minimum Gasteiger partial charge on any atom is -0.369 e. The highest BCUT2D eigenvalue weighted by molar-refractivity contribution is 5.92. The Labute approximate surface area is 115 Å². The van der Waals surface area contributed by atoms with Crippen LogP contribution in [0.15, 0.2) is 12.1 Å². The zero-order valence-corrected chi connectivity index (χ0v) is 12.1. The van der Waals surface area contributed by atoms with Crippen molar-refractivity contribution in [1.82, 2.24) is 15.5 Å². The number of carbonyl (C=O) groups excluding carboxylic acids is 1. The first kappa shape index (κ1) is 15.4. The van der Waals surface area contributed by atoms with Crippen LogP contribution in [0.1, 0.15) is 50.5 Å². The molecule has 1 heterocycles. The van der Waals surface area contributed by atoms with Crippen LogP contribution in [0.5, 0.6) is 0 Å². The van der Waals surface area contributed by atoms with Crippen molar-refractivity contribution in [2.45, 2.75) is 40.0 Å². The van der Waals surface area contributed by atoms with Gasteiger partial charge in [0.05, 0.1) is 0 Å². The molecule has 0 saturated carbocycles. The summed E-state index contributed by atoms with van der Waals surface area (Å²) in [5.74, 6) is 1.22. The van der Waals surface area contributed by atoms with E-state index in [-0.39, 0.29) is 5.91 Å². The van der Waals surface area contributed by atoms with Gasteiger partial charge in [-0.3, -0.25) is 4.79 Å². The summed E-state index contributed by atoms with van der Waals surface area (Å²) >= 11 is 0. The maximum Gasteiger partial charge on any atom is 0.271 e. The van der Waals surface area contributed by atoms with Crippen molar-refractivity contribution in [3.05, 3.63) is 17.8 Å². The van der Waals surface area contributed by atoms with Crippen LogP contribution in [0.25, 0.3) is 0 Å². The fraction of sp³-hybridized carbons (Fsp3) is 0.643. The van der Waals surface area contributed by atoms with E-state index >= 15 is 0 Å². The number of nitrogens with one attached hydrogen (secondary N) is 2. The standard InChI is InChI=1S/C14H24N4O/c1-4-9-15-13-8-7-12(17-18-13)14(19)16-10-5-6-11(2)3/h7-8,11H,4-6,9-10H2,1-3H3,(H,15,18)(H,16,19). The molecule has 5 heteroatoms. The largest absolute Gasteiger partial charge is 0.369 e. The highest BCUT2D eigenvalue weighted by Gasteiger charge is 2.07. The Hall–Kier alpha value is -1.65. The van der Waals surface area contributed by atoms with Gasteiger partial charge in [0.25, 0.3) is 5.91 Å². The number of carbonyl (C=O) groups is 1. The van der Waals surface area contributed by atoms with Gasteiger partial charge in [-0.2, -0.15) is 0 Å². The zero-order chi connectivity index (χ0) is 14.1. The summed E-state index contributed by atoms with van der Waals surface area (Å²) < 4.78 is 0. The van der Waals surface area contributed by atoms with Gasteiger partial charge in [-0.1, -0.05) is 20.8 Å². The lowest BCUT2D eigenvalue weighted by atomic mass is 10.1. The summed E-state index contributed by atoms with van der Waals surface area (Å²) in [5, 5.41) is 13.9. The van der Waals surface area contributed by atoms with E-state index < -0.39 is 0 Å². The molecule has 0 radical (unpaired) electrons. The topological polar surface area (TPSA) is 66.9 Å². The summed E-state index contributed by atoms with van der Waals surface area (Å²) in [6.07, 6.45) is 3.14. The fourth-order valence-corrected chi connectivity index (χ4v) is 1.60. The van der Waals surface area contributed by atoms with Crippen molar-refractivity contribution in [1.29, 1.82) is 0 Å². The summed E-state index contributed by atoms with van der Waals surface area (Å²) in [4.78, 5) is 11.8. The first-order valence-corrected chi connectivity index (χ1v) is 6.99. The van der Waals surface area contributed by atoms with E-state index in [1.54, 1.807) is 12.1 Å². The minimum atomic E-state index is -0.154. The molecule has 0 saturated heterocycles. The van der Waals surface area contributed by atoms with E-state index in [4.69, 9.17) is 0 Å². The van der Waals surface area contributed by atoms with Gasteiger partial charge in [0.2, 0.25) is 0 Å². The molecular formula is C14H24N4O. The van der Waals surface area contributed by atoms with E-state index in [1.165, 1.54) is 0 Å². The molecule has 0 aliphatic rings. The molecule has 0 atom stereocenters. The van der Waals surface area contributed by atoms with Gasteiger partial charge in [-0.15, -0.1) is 10.2 Å². The van der Waals surface area contributed by atoms with Crippen LogP contribution >= 0.6 is 0 Å². The summed E-state index contributed by atoms with van der Waals surface area (Å²) in [6.45, 7) is 7.98. The quantitative estimate of drug-likeness (QED) is 0.708. The van der Waals surface area contributed by atoms with Crippen molar-refractivity contribution in [3.63, 3.8) is 0 Å². The molecule has 0 aliphatic heterocycles. The SMILES string of the molecule is CCCNc1ccc(C(=O)NCCCC(C)C)nn1. The van der Waals surface area contributed by atoms with Crippen molar-refractivity contribution in [2.75, 3.05) is 18.4 Å². The predicted octanol–water partition coefficient (Wildman–Crippen LogP) is 2.46. The molecule has 106 valence electrons. The monoisotopic (exact) mass is 264 g/mol. The predicted molar refractivity (Wildman–Crippen MR) is 77.2 cm³/mol.